The molecule has 7 heteroatoms. The van der Waals surface area contributed by atoms with Gasteiger partial charge in [0.2, 0.25) is 5.90 Å². The van der Waals surface area contributed by atoms with Crippen molar-refractivity contribution in [1.82, 2.24) is 0 Å². The van der Waals surface area contributed by atoms with Gasteiger partial charge in [0.15, 0.2) is 0 Å². The van der Waals surface area contributed by atoms with Crippen LogP contribution >= 0.6 is 11.3 Å². The fraction of sp³-hybridized carbons (Fsp3) is 0.167. The van der Waals surface area contributed by atoms with Crippen LogP contribution in [0.15, 0.2) is 60.4 Å². The van der Waals surface area contributed by atoms with Gasteiger partial charge in [-0.25, -0.2) is 8.78 Å². The van der Waals surface area contributed by atoms with E-state index in [1.54, 1.807) is 30.5 Å². The van der Waals surface area contributed by atoms with Gasteiger partial charge in [-0.2, -0.15) is 0 Å². The van der Waals surface area contributed by atoms with E-state index in [4.69, 9.17) is 10.1 Å². The number of halogens is 2. The average molecular weight is 441 g/mol. The molecule has 0 aliphatic carbocycles. The summed E-state index contributed by atoms with van der Waals surface area (Å²) in [5.41, 5.74) is 2.69. The van der Waals surface area contributed by atoms with Crippen LogP contribution in [0.4, 0.5) is 14.5 Å². The van der Waals surface area contributed by atoms with Crippen molar-refractivity contribution in [3.8, 4) is 11.1 Å². The smallest absolute Gasteiger partial charge is 0.261 e. The number of aryl methyl sites for hydroxylation is 1. The highest BCUT2D eigenvalue weighted by Crippen LogP contribution is 2.32. The van der Waals surface area contributed by atoms with E-state index in [2.05, 4.69) is 5.32 Å². The Labute approximate surface area is 183 Å². The van der Waals surface area contributed by atoms with Gasteiger partial charge in [0.1, 0.15) is 17.2 Å². The first-order valence-corrected chi connectivity index (χ1v) is 10.5. The summed E-state index contributed by atoms with van der Waals surface area (Å²) in [6, 6.07) is 12.1. The van der Waals surface area contributed by atoms with Crippen molar-refractivity contribution in [3.05, 3.63) is 87.3 Å². The molecule has 0 atom stereocenters. The minimum Gasteiger partial charge on any atom is -0.446 e. The SMILES string of the molecule is CC/C(C)=C/OC(=N)c1cc(-c2ccc(NC(=O)c3c(F)cccc3F)cc2)c(C)s1. The fourth-order valence-corrected chi connectivity index (χ4v) is 3.76. The molecule has 0 saturated heterocycles. The highest BCUT2D eigenvalue weighted by molar-refractivity contribution is 7.14. The highest BCUT2D eigenvalue weighted by Gasteiger charge is 2.17. The molecule has 31 heavy (non-hydrogen) atoms. The summed E-state index contributed by atoms with van der Waals surface area (Å²) in [7, 11) is 0. The molecular weight excluding hydrogens is 418 g/mol. The number of carbonyl (C=O) groups excluding carboxylic acids is 1. The molecule has 0 unspecified atom stereocenters. The topological polar surface area (TPSA) is 62.2 Å². The van der Waals surface area contributed by atoms with E-state index >= 15 is 0 Å². The summed E-state index contributed by atoms with van der Waals surface area (Å²) in [5, 5.41) is 10.6. The molecule has 2 N–H and O–H groups in total. The van der Waals surface area contributed by atoms with Crippen molar-refractivity contribution in [2.24, 2.45) is 0 Å². The molecule has 0 radical (unpaired) electrons. The van der Waals surface area contributed by atoms with E-state index in [1.165, 1.54) is 17.4 Å². The van der Waals surface area contributed by atoms with E-state index < -0.39 is 23.1 Å². The third-order valence-electron chi connectivity index (χ3n) is 4.72. The van der Waals surface area contributed by atoms with Crippen molar-refractivity contribution < 1.29 is 18.3 Å². The van der Waals surface area contributed by atoms with Crippen molar-refractivity contribution in [3.63, 3.8) is 0 Å². The van der Waals surface area contributed by atoms with Gasteiger partial charge in [0.05, 0.1) is 11.1 Å². The first kappa shape index (κ1) is 22.4. The molecule has 3 rings (SSSR count). The number of benzene rings is 2. The second-order valence-corrected chi connectivity index (χ2v) is 8.23. The molecule has 0 spiro atoms. The Balaban J connectivity index is 1.75. The van der Waals surface area contributed by atoms with E-state index in [0.29, 0.717) is 10.6 Å². The first-order chi connectivity index (χ1) is 14.8. The van der Waals surface area contributed by atoms with Gasteiger partial charge in [-0.1, -0.05) is 25.1 Å². The Morgan fingerprint density at radius 2 is 1.81 bits per heavy atom. The molecule has 1 amide bonds. The fourth-order valence-electron chi connectivity index (χ4n) is 2.82. The third-order valence-corrected chi connectivity index (χ3v) is 5.77. The Morgan fingerprint density at radius 3 is 2.42 bits per heavy atom. The number of allylic oxidation sites excluding steroid dienone is 1. The van der Waals surface area contributed by atoms with Crippen molar-refractivity contribution in [2.45, 2.75) is 27.2 Å². The molecule has 0 aliphatic rings. The van der Waals surface area contributed by atoms with E-state index in [1.807, 2.05) is 26.8 Å². The first-order valence-electron chi connectivity index (χ1n) is 9.67. The zero-order valence-corrected chi connectivity index (χ0v) is 18.2. The zero-order valence-electron chi connectivity index (χ0n) is 17.4. The number of amides is 1. The molecule has 1 heterocycles. The number of anilines is 1. The molecule has 0 aliphatic heterocycles. The van der Waals surface area contributed by atoms with Crippen molar-refractivity contribution in [1.29, 1.82) is 5.41 Å². The number of carbonyl (C=O) groups is 1. The van der Waals surface area contributed by atoms with Crippen LogP contribution in [-0.2, 0) is 4.74 Å². The van der Waals surface area contributed by atoms with E-state index in [-0.39, 0.29) is 5.90 Å². The monoisotopic (exact) mass is 440 g/mol. The van der Waals surface area contributed by atoms with Crippen LogP contribution in [0.1, 0.15) is 40.4 Å². The van der Waals surface area contributed by atoms with Gasteiger partial charge >= 0.3 is 0 Å². The Bertz CT molecular complexity index is 1130. The quantitative estimate of drug-likeness (QED) is 0.248. The number of ether oxygens (including phenoxy) is 1. The number of nitrogens with one attached hydrogen (secondary N) is 2. The standard InChI is InChI=1S/C24H22F2N2O2S/c1-4-14(2)13-30-23(27)21-12-18(15(3)31-21)16-8-10-17(11-9-16)28-24(29)22-19(25)6-5-7-20(22)26/h5-13,27H,4H2,1-3H3,(H,28,29)/b14-13+,27-23?. The third kappa shape index (κ3) is 5.24. The lowest BCUT2D eigenvalue weighted by Crippen LogP contribution is -2.15. The van der Waals surface area contributed by atoms with Crippen LogP contribution in [0.3, 0.4) is 0 Å². The number of rotatable bonds is 6. The Hall–Kier alpha value is -3.32. The van der Waals surface area contributed by atoms with Gasteiger partial charge in [-0.15, -0.1) is 11.3 Å². The van der Waals surface area contributed by atoms with E-state index in [9.17, 15) is 13.6 Å². The van der Waals surface area contributed by atoms with Crippen molar-refractivity contribution in [2.75, 3.05) is 5.32 Å². The molecule has 2 aromatic carbocycles. The summed E-state index contributed by atoms with van der Waals surface area (Å²) >= 11 is 1.46. The molecule has 0 bridgehead atoms. The van der Waals surface area contributed by atoms with Gasteiger partial charge in [-0.3, -0.25) is 10.2 Å². The Kier molecular flexibility index (Phi) is 6.97. The lowest BCUT2D eigenvalue weighted by Gasteiger charge is -2.08. The normalized spacial score (nSPS) is 11.3. The largest absolute Gasteiger partial charge is 0.446 e. The predicted octanol–water partition coefficient (Wildman–Crippen LogP) is 6.91. The van der Waals surface area contributed by atoms with Gasteiger partial charge in [0.25, 0.3) is 5.91 Å². The van der Waals surface area contributed by atoms with Gasteiger partial charge < -0.3 is 10.1 Å². The predicted molar refractivity (Wildman–Crippen MR) is 121 cm³/mol. The Morgan fingerprint density at radius 1 is 1.16 bits per heavy atom. The molecule has 1 aromatic heterocycles. The molecule has 0 saturated carbocycles. The number of hydrogen-bond donors (Lipinski definition) is 2. The number of thiophene rings is 1. The lowest BCUT2D eigenvalue weighted by molar-refractivity contribution is 0.101. The lowest BCUT2D eigenvalue weighted by atomic mass is 10.1. The maximum atomic E-state index is 13.8. The summed E-state index contributed by atoms with van der Waals surface area (Å²) in [4.78, 5) is 14.0. The van der Waals surface area contributed by atoms with E-state index in [0.717, 1.165) is 40.1 Å². The van der Waals surface area contributed by atoms with Crippen LogP contribution in [0.5, 0.6) is 0 Å². The second kappa shape index (κ2) is 9.66. The van der Waals surface area contributed by atoms with Gasteiger partial charge in [0, 0.05) is 10.6 Å². The van der Waals surface area contributed by atoms with Crippen LogP contribution in [0, 0.1) is 24.0 Å². The van der Waals surface area contributed by atoms with Crippen LogP contribution in [0.2, 0.25) is 0 Å². The number of hydrogen-bond acceptors (Lipinski definition) is 4. The summed E-state index contributed by atoms with van der Waals surface area (Å²) in [5.74, 6) is -2.59. The maximum Gasteiger partial charge on any atom is 0.261 e. The van der Waals surface area contributed by atoms with Crippen molar-refractivity contribution >= 4 is 28.8 Å². The van der Waals surface area contributed by atoms with Gasteiger partial charge in [-0.05, 0) is 67.3 Å². The summed E-state index contributed by atoms with van der Waals surface area (Å²) < 4.78 is 33.0. The zero-order chi connectivity index (χ0) is 22.5. The molecule has 3 aromatic rings. The summed E-state index contributed by atoms with van der Waals surface area (Å²) in [6.07, 6.45) is 2.45. The maximum absolute atomic E-state index is 13.8. The highest BCUT2D eigenvalue weighted by atomic mass is 32.1. The summed E-state index contributed by atoms with van der Waals surface area (Å²) in [6.45, 7) is 5.92. The molecule has 160 valence electrons. The minimum absolute atomic E-state index is 0.0861. The van der Waals surface area contributed by atoms with Crippen LogP contribution < -0.4 is 5.32 Å². The molecular formula is C24H22F2N2O2S. The molecule has 0 fully saturated rings. The molecule has 4 nitrogen and oxygen atoms in total. The van der Waals surface area contributed by atoms with Crippen LogP contribution in [-0.4, -0.2) is 11.8 Å². The van der Waals surface area contributed by atoms with Crippen LogP contribution in [0.25, 0.3) is 11.1 Å². The minimum atomic E-state index is -0.913. The second-order valence-electron chi connectivity index (χ2n) is 6.97. The average Bonchev–Trinajstić information content (AvgIpc) is 3.14.